The van der Waals surface area contributed by atoms with E-state index < -0.39 is 35.6 Å². The van der Waals surface area contributed by atoms with Crippen molar-refractivity contribution in [3.8, 4) is 5.75 Å². The van der Waals surface area contributed by atoms with Crippen molar-refractivity contribution < 1.29 is 36.7 Å². The zero-order chi connectivity index (χ0) is 30.7. The molecule has 2 heterocycles. The lowest BCUT2D eigenvalue weighted by Gasteiger charge is -2.31. The minimum atomic E-state index is -4.83. The predicted molar refractivity (Wildman–Crippen MR) is 148 cm³/mol. The number of benzene rings is 2. The van der Waals surface area contributed by atoms with E-state index in [0.29, 0.717) is 11.3 Å². The molecule has 1 fully saturated rings. The second-order valence-corrected chi connectivity index (χ2v) is 11.1. The van der Waals surface area contributed by atoms with Crippen LogP contribution in [0.3, 0.4) is 0 Å². The molecule has 1 atom stereocenters. The number of piperidine rings is 1. The van der Waals surface area contributed by atoms with Gasteiger partial charge in [0, 0.05) is 20.1 Å². The summed E-state index contributed by atoms with van der Waals surface area (Å²) < 4.78 is 55.9. The number of hydrogen-bond donors (Lipinski definition) is 2. The van der Waals surface area contributed by atoms with E-state index in [4.69, 9.17) is 0 Å². The van der Waals surface area contributed by atoms with Gasteiger partial charge in [0.1, 0.15) is 23.1 Å². The molecule has 0 saturated carbocycles. The van der Waals surface area contributed by atoms with Crippen LogP contribution in [-0.2, 0) is 20.9 Å². The Morgan fingerprint density at radius 3 is 2.31 bits per heavy atom. The zero-order valence-corrected chi connectivity index (χ0v) is 23.8. The number of anilines is 2. The summed E-state index contributed by atoms with van der Waals surface area (Å²) in [5.74, 6) is -2.32. The Labute approximate surface area is 241 Å². The van der Waals surface area contributed by atoms with Crippen molar-refractivity contribution in [1.29, 1.82) is 0 Å². The van der Waals surface area contributed by atoms with Crippen molar-refractivity contribution in [3.05, 3.63) is 53.8 Å². The van der Waals surface area contributed by atoms with Crippen LogP contribution in [0.25, 0.3) is 0 Å². The van der Waals surface area contributed by atoms with Gasteiger partial charge in [-0.05, 0) is 75.7 Å². The third kappa shape index (κ3) is 7.90. The maximum absolute atomic E-state index is 14.2. The van der Waals surface area contributed by atoms with Crippen LogP contribution in [0.1, 0.15) is 38.7 Å². The second-order valence-electron chi connectivity index (χ2n) is 11.1. The van der Waals surface area contributed by atoms with E-state index in [2.05, 4.69) is 15.4 Å². The fourth-order valence-corrected chi connectivity index (χ4v) is 5.16. The van der Waals surface area contributed by atoms with E-state index >= 15 is 0 Å². The Morgan fingerprint density at radius 1 is 1.00 bits per heavy atom. The summed E-state index contributed by atoms with van der Waals surface area (Å²) in [7, 11) is 1.47. The van der Waals surface area contributed by atoms with Crippen molar-refractivity contribution >= 4 is 29.1 Å². The highest BCUT2D eigenvalue weighted by molar-refractivity contribution is 6.04. The number of carbonyl (C=O) groups excluding carboxylic acids is 3. The van der Waals surface area contributed by atoms with Gasteiger partial charge in [0.2, 0.25) is 11.8 Å². The van der Waals surface area contributed by atoms with E-state index in [1.54, 1.807) is 18.7 Å². The third-order valence-corrected chi connectivity index (χ3v) is 7.34. The third-order valence-electron chi connectivity index (χ3n) is 7.34. The van der Waals surface area contributed by atoms with Crippen molar-refractivity contribution in [2.24, 2.45) is 0 Å². The molecular formula is C29H35F4N5O4. The van der Waals surface area contributed by atoms with Crippen molar-refractivity contribution in [2.45, 2.75) is 57.6 Å². The number of carbonyl (C=O) groups is 3. The number of nitrogens with one attached hydrogen (secondary N) is 2. The lowest BCUT2D eigenvalue weighted by Crippen LogP contribution is -2.61. The highest BCUT2D eigenvalue weighted by atomic mass is 19.4. The van der Waals surface area contributed by atoms with Gasteiger partial charge in [-0.15, -0.1) is 13.2 Å². The van der Waals surface area contributed by atoms with Crippen LogP contribution in [0.2, 0.25) is 0 Å². The zero-order valence-electron chi connectivity index (χ0n) is 23.8. The summed E-state index contributed by atoms with van der Waals surface area (Å²) in [6, 6.07) is 8.13. The van der Waals surface area contributed by atoms with Gasteiger partial charge < -0.3 is 25.2 Å². The van der Waals surface area contributed by atoms with Crippen LogP contribution >= 0.6 is 0 Å². The minimum absolute atomic E-state index is 0.0217. The normalized spacial score (nSPS) is 18.3. The maximum Gasteiger partial charge on any atom is 0.573 e. The monoisotopic (exact) mass is 593 g/mol. The first-order valence-electron chi connectivity index (χ1n) is 13.7. The molecule has 2 aromatic carbocycles. The number of nitrogens with zero attached hydrogens (tertiary/aromatic N) is 3. The summed E-state index contributed by atoms with van der Waals surface area (Å²) in [6.07, 6.45) is -1.67. The fraction of sp³-hybridized carbons (Fsp3) is 0.483. The fourth-order valence-electron chi connectivity index (χ4n) is 5.16. The lowest BCUT2D eigenvalue weighted by atomic mass is 10.0. The molecule has 228 valence electrons. The standard InChI is InChI=1S/C29H35F4N5O4/c1-28(2,35-25(39)18-37-13-5-4-6-14-37)27(41)34-22-17-38(16-19-7-10-21(11-8-19)42-29(31,32)33)23-12-9-20(30)15-24(23)36(3)26(22)40/h7-12,15,22H,4-6,13-14,16-18H2,1-3H3,(H,34,41)(H,35,39). The van der Waals surface area contributed by atoms with Crippen LogP contribution < -0.4 is 25.2 Å². The van der Waals surface area contributed by atoms with Crippen molar-refractivity contribution in [2.75, 3.05) is 43.0 Å². The van der Waals surface area contributed by atoms with Gasteiger partial charge in [0.25, 0.3) is 5.91 Å². The smallest absolute Gasteiger partial charge is 0.406 e. The molecule has 0 aliphatic carbocycles. The summed E-state index contributed by atoms with van der Waals surface area (Å²) in [6.45, 7) is 5.02. The van der Waals surface area contributed by atoms with Gasteiger partial charge in [-0.1, -0.05) is 18.6 Å². The van der Waals surface area contributed by atoms with Gasteiger partial charge in [-0.2, -0.15) is 0 Å². The average molecular weight is 594 g/mol. The molecule has 4 rings (SSSR count). The second kappa shape index (κ2) is 12.6. The molecule has 0 bridgehead atoms. The molecule has 1 saturated heterocycles. The van der Waals surface area contributed by atoms with Crippen LogP contribution in [0.5, 0.6) is 5.75 Å². The van der Waals surface area contributed by atoms with E-state index in [1.165, 1.54) is 54.4 Å². The molecule has 13 heteroatoms. The molecule has 2 aromatic rings. The first kappa shape index (κ1) is 31.1. The molecule has 2 N–H and O–H groups in total. The molecule has 0 spiro atoms. The first-order valence-corrected chi connectivity index (χ1v) is 13.7. The number of hydrogen-bond acceptors (Lipinski definition) is 6. The average Bonchev–Trinajstić information content (AvgIpc) is 2.99. The molecule has 9 nitrogen and oxygen atoms in total. The molecule has 42 heavy (non-hydrogen) atoms. The molecule has 0 aromatic heterocycles. The number of ether oxygens (including phenoxy) is 1. The largest absolute Gasteiger partial charge is 0.573 e. The van der Waals surface area contributed by atoms with Gasteiger partial charge in [-0.25, -0.2) is 4.39 Å². The highest BCUT2D eigenvalue weighted by Gasteiger charge is 2.38. The number of likely N-dealkylation sites (N-methyl/N-ethyl adjacent to an activating group) is 1. The summed E-state index contributed by atoms with van der Waals surface area (Å²) in [4.78, 5) is 44.6. The van der Waals surface area contributed by atoms with Crippen LogP contribution in [0.15, 0.2) is 42.5 Å². The van der Waals surface area contributed by atoms with Crippen molar-refractivity contribution in [1.82, 2.24) is 15.5 Å². The van der Waals surface area contributed by atoms with Crippen LogP contribution in [0.4, 0.5) is 28.9 Å². The molecular weight excluding hydrogens is 558 g/mol. The Balaban J connectivity index is 1.51. The summed E-state index contributed by atoms with van der Waals surface area (Å²) in [5, 5.41) is 5.51. The van der Waals surface area contributed by atoms with Gasteiger partial charge in [0.05, 0.1) is 17.9 Å². The van der Waals surface area contributed by atoms with Gasteiger partial charge in [0.15, 0.2) is 0 Å². The molecule has 2 aliphatic rings. The van der Waals surface area contributed by atoms with Gasteiger partial charge in [-0.3, -0.25) is 19.3 Å². The van der Waals surface area contributed by atoms with Crippen LogP contribution in [-0.4, -0.2) is 73.8 Å². The quantitative estimate of drug-likeness (QED) is 0.455. The van der Waals surface area contributed by atoms with E-state index in [-0.39, 0.29) is 37.0 Å². The molecule has 0 radical (unpaired) electrons. The SMILES string of the molecule is CN1C(=O)C(NC(=O)C(C)(C)NC(=O)CN2CCCCC2)CN(Cc2ccc(OC(F)(F)F)cc2)c2ccc(F)cc21. The molecule has 2 aliphatic heterocycles. The number of amides is 3. The summed E-state index contributed by atoms with van der Waals surface area (Å²) in [5.41, 5.74) is 0.0135. The number of rotatable bonds is 8. The van der Waals surface area contributed by atoms with E-state index in [1.807, 2.05) is 4.90 Å². The highest BCUT2D eigenvalue weighted by Crippen LogP contribution is 2.34. The Bertz CT molecular complexity index is 1300. The summed E-state index contributed by atoms with van der Waals surface area (Å²) >= 11 is 0. The number of likely N-dealkylation sites (tertiary alicyclic amines) is 1. The number of halogens is 4. The number of alkyl halides is 3. The minimum Gasteiger partial charge on any atom is -0.406 e. The maximum atomic E-state index is 14.2. The van der Waals surface area contributed by atoms with Gasteiger partial charge >= 0.3 is 6.36 Å². The predicted octanol–water partition coefficient (Wildman–Crippen LogP) is 3.57. The van der Waals surface area contributed by atoms with E-state index in [9.17, 15) is 31.9 Å². The van der Waals surface area contributed by atoms with Crippen LogP contribution in [0, 0.1) is 5.82 Å². The topological polar surface area (TPSA) is 94.2 Å². The van der Waals surface area contributed by atoms with E-state index in [0.717, 1.165) is 32.4 Å². The Hall–Kier alpha value is -3.87. The molecule has 3 amide bonds. The lowest BCUT2D eigenvalue weighted by molar-refractivity contribution is -0.274. The first-order chi connectivity index (χ1) is 19.7. The van der Waals surface area contributed by atoms with Crippen molar-refractivity contribution in [3.63, 3.8) is 0 Å². The molecule has 1 unspecified atom stereocenters. The Morgan fingerprint density at radius 2 is 1.67 bits per heavy atom. The Kier molecular flexibility index (Phi) is 9.29. The number of fused-ring (bicyclic) bond motifs is 1.